The first-order valence-corrected chi connectivity index (χ1v) is 8.94. The molecule has 1 aromatic carbocycles. The number of carbonyl (C=O) groups excluding carboxylic acids is 1. The van der Waals surface area contributed by atoms with E-state index in [4.69, 9.17) is 9.47 Å². The molecule has 0 radical (unpaired) electrons. The Labute approximate surface area is 154 Å². The van der Waals surface area contributed by atoms with Crippen LogP contribution in [0.4, 0.5) is 0 Å². The fourth-order valence-electron chi connectivity index (χ4n) is 3.58. The molecule has 0 aliphatic carbocycles. The third-order valence-corrected chi connectivity index (χ3v) is 4.74. The summed E-state index contributed by atoms with van der Waals surface area (Å²) in [6, 6.07) is 9.56. The second-order valence-electron chi connectivity index (χ2n) is 6.78. The monoisotopic (exact) mass is 354 g/mol. The van der Waals surface area contributed by atoms with Gasteiger partial charge in [-0.1, -0.05) is 26.5 Å². The predicted molar refractivity (Wildman–Crippen MR) is 102 cm³/mol. The third kappa shape index (κ3) is 3.34. The van der Waals surface area contributed by atoms with Crippen molar-refractivity contribution in [3.63, 3.8) is 0 Å². The highest BCUT2D eigenvalue weighted by atomic mass is 16.5. The zero-order chi connectivity index (χ0) is 18.7. The molecule has 2 aromatic rings. The largest absolute Gasteiger partial charge is 0.493 e. The Morgan fingerprint density at radius 1 is 1.31 bits per heavy atom. The maximum absolute atomic E-state index is 13.2. The van der Waals surface area contributed by atoms with Gasteiger partial charge in [0.15, 0.2) is 11.5 Å². The highest BCUT2D eigenvalue weighted by molar-refractivity contribution is 5.95. The molecule has 1 amide bonds. The molecule has 0 saturated heterocycles. The summed E-state index contributed by atoms with van der Waals surface area (Å²) in [6.45, 7) is 9.86. The summed E-state index contributed by atoms with van der Waals surface area (Å²) in [5.41, 5.74) is 1.80. The number of fused-ring (bicyclic) bond motifs is 1. The standard InChI is InChI=1S/C21H26N2O3/c1-5-13-26-18-9-8-16(14-19(18)25-4)21(24)23-12-11-22-10-6-7-17(22)20(23)15(2)3/h5-10,14-15,20H,1,11-13H2,2-4H3. The minimum atomic E-state index is 0.0183. The van der Waals surface area contributed by atoms with Crippen LogP contribution in [0.5, 0.6) is 11.5 Å². The van der Waals surface area contributed by atoms with Gasteiger partial charge in [0.2, 0.25) is 0 Å². The number of rotatable bonds is 6. The van der Waals surface area contributed by atoms with Crippen molar-refractivity contribution in [3.8, 4) is 11.5 Å². The van der Waals surface area contributed by atoms with Crippen LogP contribution in [0.25, 0.3) is 0 Å². The van der Waals surface area contributed by atoms with Crippen molar-refractivity contribution >= 4 is 5.91 Å². The number of hydrogen-bond donors (Lipinski definition) is 0. The van der Waals surface area contributed by atoms with Crippen molar-refractivity contribution in [1.82, 2.24) is 9.47 Å². The van der Waals surface area contributed by atoms with Gasteiger partial charge in [0, 0.05) is 30.5 Å². The molecule has 138 valence electrons. The van der Waals surface area contributed by atoms with Crippen LogP contribution in [0.1, 0.15) is 35.9 Å². The van der Waals surface area contributed by atoms with Gasteiger partial charge in [-0.25, -0.2) is 0 Å². The predicted octanol–water partition coefficient (Wildman–Crippen LogP) is 3.91. The zero-order valence-corrected chi connectivity index (χ0v) is 15.6. The maximum atomic E-state index is 13.2. The lowest BCUT2D eigenvalue weighted by atomic mass is 9.96. The van der Waals surface area contributed by atoms with E-state index in [1.165, 1.54) is 5.69 Å². The van der Waals surface area contributed by atoms with Gasteiger partial charge in [-0.15, -0.1) is 0 Å². The van der Waals surface area contributed by atoms with Gasteiger partial charge in [-0.3, -0.25) is 4.79 Å². The molecular weight excluding hydrogens is 328 g/mol. The van der Waals surface area contributed by atoms with Crippen molar-refractivity contribution in [2.45, 2.75) is 26.4 Å². The molecular formula is C21H26N2O3. The molecule has 0 bridgehead atoms. The van der Waals surface area contributed by atoms with Crippen molar-refractivity contribution in [1.29, 1.82) is 0 Å². The lowest BCUT2D eigenvalue weighted by molar-refractivity contribution is 0.0556. The minimum Gasteiger partial charge on any atom is -0.493 e. The molecule has 26 heavy (non-hydrogen) atoms. The fraction of sp³-hybridized carbons (Fsp3) is 0.381. The summed E-state index contributed by atoms with van der Waals surface area (Å²) in [7, 11) is 1.58. The molecule has 5 heteroatoms. The second-order valence-corrected chi connectivity index (χ2v) is 6.78. The summed E-state index contributed by atoms with van der Waals surface area (Å²) < 4.78 is 13.2. The first-order valence-electron chi connectivity index (χ1n) is 8.94. The molecule has 1 unspecified atom stereocenters. The van der Waals surface area contributed by atoms with E-state index in [2.05, 4.69) is 37.3 Å². The Morgan fingerprint density at radius 2 is 2.12 bits per heavy atom. The molecule has 1 aromatic heterocycles. The molecule has 0 N–H and O–H groups in total. The molecule has 3 rings (SSSR count). The van der Waals surface area contributed by atoms with Crippen LogP contribution < -0.4 is 9.47 Å². The van der Waals surface area contributed by atoms with Gasteiger partial charge in [0.25, 0.3) is 5.91 Å². The Morgan fingerprint density at radius 3 is 2.81 bits per heavy atom. The van der Waals surface area contributed by atoms with E-state index in [-0.39, 0.29) is 11.9 Å². The summed E-state index contributed by atoms with van der Waals surface area (Å²) >= 11 is 0. The van der Waals surface area contributed by atoms with Gasteiger partial charge < -0.3 is 18.9 Å². The average Bonchev–Trinajstić information content (AvgIpc) is 3.13. The lowest BCUT2D eigenvalue weighted by Gasteiger charge is -2.39. The molecule has 2 heterocycles. The Bertz CT molecular complexity index is 794. The zero-order valence-electron chi connectivity index (χ0n) is 15.6. The van der Waals surface area contributed by atoms with Crippen molar-refractivity contribution in [2.24, 2.45) is 5.92 Å². The first kappa shape index (κ1) is 18.1. The smallest absolute Gasteiger partial charge is 0.254 e. The average molecular weight is 354 g/mol. The van der Waals surface area contributed by atoms with Crippen LogP contribution in [-0.2, 0) is 6.54 Å². The molecule has 1 aliphatic heterocycles. The van der Waals surface area contributed by atoms with E-state index in [0.717, 1.165) is 6.54 Å². The Kier molecular flexibility index (Phi) is 5.35. The Balaban J connectivity index is 1.90. The number of aromatic nitrogens is 1. The van der Waals surface area contributed by atoms with E-state index in [0.29, 0.717) is 36.1 Å². The minimum absolute atomic E-state index is 0.0183. The number of amides is 1. The molecule has 1 atom stereocenters. The number of carbonyl (C=O) groups is 1. The van der Waals surface area contributed by atoms with E-state index < -0.39 is 0 Å². The van der Waals surface area contributed by atoms with Crippen LogP contribution in [-0.4, -0.2) is 35.6 Å². The van der Waals surface area contributed by atoms with Crippen LogP contribution in [0.2, 0.25) is 0 Å². The van der Waals surface area contributed by atoms with Crippen molar-refractivity contribution in [3.05, 3.63) is 60.4 Å². The molecule has 5 nitrogen and oxygen atoms in total. The molecule has 1 aliphatic rings. The highest BCUT2D eigenvalue weighted by Crippen LogP contribution is 2.35. The SMILES string of the molecule is C=CCOc1ccc(C(=O)N2CCn3cccc3C2C(C)C)cc1OC. The number of hydrogen-bond acceptors (Lipinski definition) is 3. The highest BCUT2D eigenvalue weighted by Gasteiger charge is 2.33. The summed E-state index contributed by atoms with van der Waals surface area (Å²) in [6.07, 6.45) is 3.76. The van der Waals surface area contributed by atoms with Gasteiger partial charge in [-0.05, 0) is 36.2 Å². The second kappa shape index (κ2) is 7.68. The fourth-order valence-corrected chi connectivity index (χ4v) is 3.58. The number of benzene rings is 1. The lowest BCUT2D eigenvalue weighted by Crippen LogP contribution is -2.43. The van der Waals surface area contributed by atoms with E-state index in [1.54, 1.807) is 31.4 Å². The topological polar surface area (TPSA) is 43.7 Å². The summed E-state index contributed by atoms with van der Waals surface area (Å²) in [5.74, 6) is 1.51. The van der Waals surface area contributed by atoms with E-state index >= 15 is 0 Å². The quantitative estimate of drug-likeness (QED) is 0.739. The van der Waals surface area contributed by atoms with Crippen molar-refractivity contribution < 1.29 is 14.3 Å². The number of ether oxygens (including phenoxy) is 2. The van der Waals surface area contributed by atoms with Gasteiger partial charge >= 0.3 is 0 Å². The molecule has 0 spiro atoms. The maximum Gasteiger partial charge on any atom is 0.254 e. The van der Waals surface area contributed by atoms with E-state index in [9.17, 15) is 4.79 Å². The van der Waals surface area contributed by atoms with Gasteiger partial charge in [-0.2, -0.15) is 0 Å². The summed E-state index contributed by atoms with van der Waals surface area (Å²) in [5, 5.41) is 0. The molecule has 0 fully saturated rings. The van der Waals surface area contributed by atoms with Gasteiger partial charge in [0.05, 0.1) is 13.2 Å². The van der Waals surface area contributed by atoms with Crippen LogP contribution in [0, 0.1) is 5.92 Å². The van der Waals surface area contributed by atoms with Crippen LogP contribution >= 0.6 is 0 Å². The normalized spacial score (nSPS) is 16.3. The number of methoxy groups -OCH3 is 1. The van der Waals surface area contributed by atoms with Gasteiger partial charge in [0.1, 0.15) is 6.61 Å². The third-order valence-electron chi connectivity index (χ3n) is 4.74. The van der Waals surface area contributed by atoms with Crippen molar-refractivity contribution in [2.75, 3.05) is 20.3 Å². The first-order chi connectivity index (χ1) is 12.6. The van der Waals surface area contributed by atoms with Crippen LogP contribution in [0.3, 0.4) is 0 Å². The summed E-state index contributed by atoms with van der Waals surface area (Å²) in [4.78, 5) is 15.2. The van der Waals surface area contributed by atoms with E-state index in [1.807, 2.05) is 11.0 Å². The number of nitrogens with zero attached hydrogens (tertiary/aromatic N) is 2. The Hall–Kier alpha value is -2.69. The van der Waals surface area contributed by atoms with Crippen LogP contribution in [0.15, 0.2) is 49.2 Å². The molecule has 0 saturated carbocycles.